The Bertz CT molecular complexity index is 570. The lowest BCUT2D eigenvalue weighted by molar-refractivity contribution is -0.165. The Morgan fingerprint density at radius 3 is 2.58 bits per heavy atom. The summed E-state index contributed by atoms with van der Waals surface area (Å²) in [5, 5.41) is 0. The van der Waals surface area contributed by atoms with Crippen LogP contribution in [0.3, 0.4) is 0 Å². The SMILES string of the molecule is CCOC(=O)C1CCC2C3CCC4CC(C)CCC4C3CCC2(C)C1=O. The molecule has 8 unspecified atom stereocenters. The molecule has 4 aliphatic rings. The van der Waals surface area contributed by atoms with E-state index in [1.165, 1.54) is 38.5 Å². The summed E-state index contributed by atoms with van der Waals surface area (Å²) < 4.78 is 5.20. The Morgan fingerprint density at radius 1 is 1.04 bits per heavy atom. The molecule has 0 amide bonds. The third-order valence-electron chi connectivity index (χ3n) is 8.82. The highest BCUT2D eigenvalue weighted by molar-refractivity contribution is 6.02. The second-order valence-electron chi connectivity index (χ2n) is 10.1. The minimum Gasteiger partial charge on any atom is -0.465 e. The summed E-state index contributed by atoms with van der Waals surface area (Å²) in [5.41, 5.74) is -0.286. The van der Waals surface area contributed by atoms with E-state index in [9.17, 15) is 9.59 Å². The number of fused-ring (bicyclic) bond motifs is 5. The Morgan fingerprint density at radius 2 is 1.81 bits per heavy atom. The summed E-state index contributed by atoms with van der Waals surface area (Å²) in [7, 11) is 0. The van der Waals surface area contributed by atoms with Crippen molar-refractivity contribution < 1.29 is 14.3 Å². The van der Waals surface area contributed by atoms with Crippen molar-refractivity contribution in [1.29, 1.82) is 0 Å². The fraction of sp³-hybridized carbons (Fsp3) is 0.913. The Balaban J connectivity index is 1.53. The van der Waals surface area contributed by atoms with E-state index in [1.54, 1.807) is 0 Å². The molecule has 4 fully saturated rings. The van der Waals surface area contributed by atoms with Crippen molar-refractivity contribution in [1.82, 2.24) is 0 Å². The van der Waals surface area contributed by atoms with Gasteiger partial charge in [-0.05, 0) is 93.8 Å². The van der Waals surface area contributed by atoms with Gasteiger partial charge in [-0.3, -0.25) is 9.59 Å². The molecule has 0 spiro atoms. The molecule has 0 aromatic rings. The zero-order valence-corrected chi connectivity index (χ0v) is 16.8. The molecule has 3 nitrogen and oxygen atoms in total. The molecule has 8 atom stereocenters. The van der Waals surface area contributed by atoms with Crippen LogP contribution in [0, 0.1) is 46.8 Å². The monoisotopic (exact) mass is 360 g/mol. The fourth-order valence-electron chi connectivity index (χ4n) is 7.59. The fourth-order valence-corrected chi connectivity index (χ4v) is 7.59. The van der Waals surface area contributed by atoms with Gasteiger partial charge in [0.05, 0.1) is 6.61 Å². The molecule has 4 saturated carbocycles. The van der Waals surface area contributed by atoms with Gasteiger partial charge >= 0.3 is 5.97 Å². The van der Waals surface area contributed by atoms with Gasteiger partial charge in [0.25, 0.3) is 0 Å². The van der Waals surface area contributed by atoms with Gasteiger partial charge in [-0.1, -0.05) is 20.3 Å². The quantitative estimate of drug-likeness (QED) is 0.513. The largest absolute Gasteiger partial charge is 0.465 e. The van der Waals surface area contributed by atoms with E-state index in [2.05, 4.69) is 13.8 Å². The van der Waals surface area contributed by atoms with Crippen molar-refractivity contribution >= 4 is 11.8 Å². The number of hydrogen-bond donors (Lipinski definition) is 0. The maximum Gasteiger partial charge on any atom is 0.316 e. The molecule has 26 heavy (non-hydrogen) atoms. The molecule has 4 rings (SSSR count). The van der Waals surface area contributed by atoms with Crippen molar-refractivity contribution in [2.24, 2.45) is 46.8 Å². The highest BCUT2D eigenvalue weighted by Gasteiger charge is 2.58. The van der Waals surface area contributed by atoms with Crippen LogP contribution >= 0.6 is 0 Å². The van der Waals surface area contributed by atoms with Crippen LogP contribution in [0.1, 0.15) is 78.6 Å². The third-order valence-corrected chi connectivity index (χ3v) is 8.82. The maximum atomic E-state index is 13.3. The standard InChI is InChI=1S/C23H36O3/c1-4-26-22(25)19-9-10-20-18-8-6-15-13-14(2)5-7-16(15)17(18)11-12-23(20,3)21(19)24/h14-20H,4-13H2,1-3H3. The summed E-state index contributed by atoms with van der Waals surface area (Å²) >= 11 is 0. The van der Waals surface area contributed by atoms with Crippen LogP contribution in [0.2, 0.25) is 0 Å². The first-order chi connectivity index (χ1) is 12.5. The second kappa shape index (κ2) is 6.95. The molecular formula is C23H36O3. The lowest BCUT2D eigenvalue weighted by atomic mass is 9.46. The number of Topliss-reactive ketones (excluding diaryl/α,β-unsaturated/α-hetero) is 1. The van der Waals surface area contributed by atoms with Crippen LogP contribution in [0.5, 0.6) is 0 Å². The number of ether oxygens (including phenoxy) is 1. The van der Waals surface area contributed by atoms with E-state index in [0.29, 0.717) is 18.9 Å². The van der Waals surface area contributed by atoms with Gasteiger partial charge in [0.1, 0.15) is 5.92 Å². The van der Waals surface area contributed by atoms with Crippen molar-refractivity contribution in [3.8, 4) is 0 Å². The van der Waals surface area contributed by atoms with Crippen molar-refractivity contribution in [3.05, 3.63) is 0 Å². The van der Waals surface area contributed by atoms with Gasteiger partial charge in [0.2, 0.25) is 0 Å². The molecule has 0 aromatic heterocycles. The van der Waals surface area contributed by atoms with Gasteiger partial charge in [-0.25, -0.2) is 0 Å². The predicted octanol–water partition coefficient (Wildman–Crippen LogP) is 5.02. The number of carbonyl (C=O) groups excluding carboxylic acids is 2. The molecule has 0 heterocycles. The van der Waals surface area contributed by atoms with Gasteiger partial charge in [0.15, 0.2) is 5.78 Å². The first-order valence-corrected chi connectivity index (χ1v) is 11.2. The summed E-state index contributed by atoms with van der Waals surface area (Å²) in [6.07, 6.45) is 10.9. The van der Waals surface area contributed by atoms with Crippen molar-refractivity contribution in [2.45, 2.75) is 78.6 Å². The Kier molecular flexibility index (Phi) is 4.94. The molecule has 0 radical (unpaired) electrons. The third kappa shape index (κ3) is 2.85. The van der Waals surface area contributed by atoms with Gasteiger partial charge in [-0.2, -0.15) is 0 Å². The van der Waals surface area contributed by atoms with Gasteiger partial charge in [0, 0.05) is 5.41 Å². The molecule has 0 saturated heterocycles. The Labute approximate surface area is 158 Å². The number of rotatable bonds is 2. The van der Waals surface area contributed by atoms with E-state index in [0.717, 1.165) is 42.4 Å². The lowest BCUT2D eigenvalue weighted by Gasteiger charge is -2.58. The van der Waals surface area contributed by atoms with Crippen LogP contribution in [0.25, 0.3) is 0 Å². The van der Waals surface area contributed by atoms with Gasteiger partial charge in [-0.15, -0.1) is 0 Å². The molecule has 3 heteroatoms. The van der Waals surface area contributed by atoms with Crippen molar-refractivity contribution in [3.63, 3.8) is 0 Å². The van der Waals surface area contributed by atoms with Crippen molar-refractivity contribution in [2.75, 3.05) is 6.61 Å². The highest BCUT2D eigenvalue weighted by atomic mass is 16.5. The van der Waals surface area contributed by atoms with E-state index in [-0.39, 0.29) is 17.2 Å². The summed E-state index contributed by atoms with van der Waals surface area (Å²) in [4.78, 5) is 25.6. The van der Waals surface area contributed by atoms with Crippen LogP contribution in [-0.4, -0.2) is 18.4 Å². The molecule has 146 valence electrons. The minimum absolute atomic E-state index is 0.199. The Hall–Kier alpha value is -0.860. The predicted molar refractivity (Wildman–Crippen MR) is 101 cm³/mol. The number of hydrogen-bond acceptors (Lipinski definition) is 3. The van der Waals surface area contributed by atoms with Crippen LogP contribution in [-0.2, 0) is 14.3 Å². The van der Waals surface area contributed by atoms with E-state index < -0.39 is 5.92 Å². The summed E-state index contributed by atoms with van der Waals surface area (Å²) in [6, 6.07) is 0. The normalized spacial score (nSPS) is 48.1. The molecule has 0 aromatic carbocycles. The van der Waals surface area contributed by atoms with E-state index in [1.807, 2.05) is 6.92 Å². The minimum atomic E-state index is -0.500. The van der Waals surface area contributed by atoms with E-state index >= 15 is 0 Å². The summed E-state index contributed by atoms with van der Waals surface area (Å²) in [5.74, 6) is 4.24. The maximum absolute atomic E-state index is 13.3. The zero-order chi connectivity index (χ0) is 18.5. The van der Waals surface area contributed by atoms with Crippen LogP contribution in [0.4, 0.5) is 0 Å². The highest BCUT2D eigenvalue weighted by Crippen LogP contribution is 2.61. The number of esters is 1. The molecule has 0 aliphatic heterocycles. The number of ketones is 1. The molecular weight excluding hydrogens is 324 g/mol. The zero-order valence-electron chi connectivity index (χ0n) is 16.8. The number of carbonyl (C=O) groups is 2. The molecule has 0 N–H and O–H groups in total. The first-order valence-electron chi connectivity index (χ1n) is 11.2. The second-order valence-corrected chi connectivity index (χ2v) is 10.1. The summed E-state index contributed by atoms with van der Waals surface area (Å²) in [6.45, 7) is 6.80. The first kappa shape index (κ1) is 18.5. The molecule has 0 bridgehead atoms. The topological polar surface area (TPSA) is 43.4 Å². The van der Waals surface area contributed by atoms with E-state index in [4.69, 9.17) is 4.74 Å². The average molecular weight is 361 g/mol. The molecule has 4 aliphatic carbocycles. The average Bonchev–Trinajstić information content (AvgIpc) is 2.62. The van der Waals surface area contributed by atoms with Crippen LogP contribution in [0.15, 0.2) is 0 Å². The lowest BCUT2D eigenvalue weighted by Crippen LogP contribution is -2.56. The van der Waals surface area contributed by atoms with Gasteiger partial charge < -0.3 is 4.74 Å². The van der Waals surface area contributed by atoms with Crippen LogP contribution < -0.4 is 0 Å². The smallest absolute Gasteiger partial charge is 0.316 e.